The van der Waals surface area contributed by atoms with E-state index in [9.17, 15) is 4.79 Å². The van der Waals surface area contributed by atoms with Gasteiger partial charge in [-0.1, -0.05) is 25.2 Å². The molecule has 0 aliphatic carbocycles. The van der Waals surface area contributed by atoms with Gasteiger partial charge in [-0.25, -0.2) is 4.79 Å². The van der Waals surface area contributed by atoms with E-state index >= 15 is 0 Å². The second-order valence-corrected chi connectivity index (χ2v) is 6.31. The maximum atomic E-state index is 12.2. The van der Waals surface area contributed by atoms with E-state index in [1.807, 2.05) is 6.92 Å². The number of aromatic nitrogens is 2. The van der Waals surface area contributed by atoms with Crippen molar-refractivity contribution in [2.75, 3.05) is 31.6 Å². The van der Waals surface area contributed by atoms with Crippen LogP contribution in [-0.2, 0) is 4.74 Å². The van der Waals surface area contributed by atoms with E-state index in [2.05, 4.69) is 29.4 Å². The Morgan fingerprint density at radius 1 is 1.55 bits per heavy atom. The maximum Gasteiger partial charge on any atom is 0.323 e. The second-order valence-electron chi connectivity index (χ2n) is 5.30. The van der Waals surface area contributed by atoms with E-state index in [0.717, 1.165) is 31.2 Å². The highest BCUT2D eigenvalue weighted by atomic mass is 32.1. The van der Waals surface area contributed by atoms with Gasteiger partial charge < -0.3 is 9.64 Å². The smallest absolute Gasteiger partial charge is 0.323 e. The van der Waals surface area contributed by atoms with Crippen molar-refractivity contribution in [2.24, 2.45) is 5.92 Å². The molecule has 112 valence electrons. The van der Waals surface area contributed by atoms with Crippen LogP contribution < -0.4 is 5.32 Å². The first-order valence-corrected chi connectivity index (χ1v) is 7.88. The number of rotatable bonds is 5. The molecule has 1 N–H and O–H groups in total. The summed E-state index contributed by atoms with van der Waals surface area (Å²) in [7, 11) is 0. The Morgan fingerprint density at radius 2 is 2.35 bits per heavy atom. The molecule has 0 radical (unpaired) electrons. The van der Waals surface area contributed by atoms with E-state index < -0.39 is 0 Å². The largest absolute Gasteiger partial charge is 0.381 e. The van der Waals surface area contributed by atoms with E-state index in [1.54, 1.807) is 4.90 Å². The van der Waals surface area contributed by atoms with Crippen LogP contribution in [-0.4, -0.2) is 47.4 Å². The zero-order chi connectivity index (χ0) is 14.5. The molecule has 6 nitrogen and oxygen atoms in total. The van der Waals surface area contributed by atoms with Gasteiger partial charge in [-0.15, -0.1) is 10.2 Å². The third-order valence-corrected chi connectivity index (χ3v) is 4.46. The molecule has 0 saturated carbocycles. The number of anilines is 1. The zero-order valence-corrected chi connectivity index (χ0v) is 13.1. The fourth-order valence-corrected chi connectivity index (χ4v) is 2.82. The number of amides is 2. The van der Waals surface area contributed by atoms with Crippen LogP contribution in [0.15, 0.2) is 0 Å². The van der Waals surface area contributed by atoms with Crippen LogP contribution >= 0.6 is 11.3 Å². The SMILES string of the molecule is CCN(C[C@H]1CCOC1)C(=O)Nc1nnc(C(C)C)s1. The van der Waals surface area contributed by atoms with Crippen molar-refractivity contribution in [1.82, 2.24) is 15.1 Å². The van der Waals surface area contributed by atoms with Crippen molar-refractivity contribution in [3.63, 3.8) is 0 Å². The number of hydrogen-bond acceptors (Lipinski definition) is 5. The minimum Gasteiger partial charge on any atom is -0.381 e. The summed E-state index contributed by atoms with van der Waals surface area (Å²) in [5.74, 6) is 0.775. The van der Waals surface area contributed by atoms with Gasteiger partial charge in [-0.05, 0) is 13.3 Å². The first-order chi connectivity index (χ1) is 9.60. The molecule has 1 aromatic rings. The van der Waals surface area contributed by atoms with Gasteiger partial charge in [-0.3, -0.25) is 5.32 Å². The minimum atomic E-state index is -0.106. The Hall–Kier alpha value is -1.21. The van der Waals surface area contributed by atoms with E-state index in [-0.39, 0.29) is 6.03 Å². The van der Waals surface area contributed by atoms with Crippen molar-refractivity contribution in [3.8, 4) is 0 Å². The number of hydrogen-bond donors (Lipinski definition) is 1. The molecule has 2 heterocycles. The van der Waals surface area contributed by atoms with Gasteiger partial charge in [-0.2, -0.15) is 0 Å². The molecule has 1 atom stereocenters. The van der Waals surface area contributed by atoms with Gasteiger partial charge in [0.1, 0.15) is 5.01 Å². The highest BCUT2D eigenvalue weighted by Crippen LogP contribution is 2.23. The molecule has 1 aliphatic rings. The summed E-state index contributed by atoms with van der Waals surface area (Å²) in [5.41, 5.74) is 0. The van der Waals surface area contributed by atoms with Crippen molar-refractivity contribution in [1.29, 1.82) is 0 Å². The number of carbonyl (C=O) groups is 1. The minimum absolute atomic E-state index is 0.106. The Bertz CT molecular complexity index is 443. The molecular weight excluding hydrogens is 276 g/mol. The molecule has 20 heavy (non-hydrogen) atoms. The van der Waals surface area contributed by atoms with E-state index in [4.69, 9.17) is 4.74 Å². The standard InChI is InChI=1S/C13H22N4O2S/c1-4-17(7-10-5-6-19-8-10)13(18)14-12-16-15-11(20-12)9(2)3/h9-10H,4-8H2,1-3H3,(H,14,16,18)/t10-/m1/s1. The van der Waals surface area contributed by atoms with Gasteiger partial charge >= 0.3 is 6.03 Å². The van der Waals surface area contributed by atoms with Crippen LogP contribution in [0.3, 0.4) is 0 Å². The number of ether oxygens (including phenoxy) is 1. The molecular formula is C13H22N4O2S. The third-order valence-electron chi connectivity index (χ3n) is 3.32. The van der Waals surface area contributed by atoms with Crippen molar-refractivity contribution in [2.45, 2.75) is 33.1 Å². The lowest BCUT2D eigenvalue weighted by molar-refractivity contribution is 0.171. The lowest BCUT2D eigenvalue weighted by atomic mass is 10.1. The van der Waals surface area contributed by atoms with Crippen LogP contribution in [0.4, 0.5) is 9.93 Å². The average molecular weight is 298 g/mol. The summed E-state index contributed by atoms with van der Waals surface area (Å²) in [4.78, 5) is 14.0. The van der Waals surface area contributed by atoms with Crippen LogP contribution in [0, 0.1) is 5.92 Å². The van der Waals surface area contributed by atoms with Crippen LogP contribution in [0.25, 0.3) is 0 Å². The van der Waals surface area contributed by atoms with Gasteiger partial charge in [0.25, 0.3) is 0 Å². The van der Waals surface area contributed by atoms with Gasteiger partial charge in [0.15, 0.2) is 0 Å². The maximum absolute atomic E-state index is 12.2. The molecule has 0 spiro atoms. The summed E-state index contributed by atoms with van der Waals surface area (Å²) >= 11 is 1.43. The Morgan fingerprint density at radius 3 is 2.90 bits per heavy atom. The fourth-order valence-electron chi connectivity index (χ4n) is 2.08. The molecule has 0 aromatic carbocycles. The Kier molecular flexibility index (Phi) is 5.31. The molecule has 2 rings (SSSR count). The summed E-state index contributed by atoms with van der Waals surface area (Å²) in [5, 5.41) is 12.4. The van der Waals surface area contributed by atoms with Gasteiger partial charge in [0, 0.05) is 31.5 Å². The second kappa shape index (κ2) is 6.99. The highest BCUT2D eigenvalue weighted by Gasteiger charge is 2.22. The van der Waals surface area contributed by atoms with Crippen molar-refractivity contribution >= 4 is 22.5 Å². The van der Waals surface area contributed by atoms with Crippen LogP contribution in [0.2, 0.25) is 0 Å². The summed E-state index contributed by atoms with van der Waals surface area (Å²) in [6, 6.07) is -0.106. The van der Waals surface area contributed by atoms with Crippen molar-refractivity contribution < 1.29 is 9.53 Å². The van der Waals surface area contributed by atoms with E-state index in [1.165, 1.54) is 11.3 Å². The molecule has 0 bridgehead atoms. The molecule has 1 saturated heterocycles. The third kappa shape index (κ3) is 3.89. The normalized spacial score (nSPS) is 18.5. The Balaban J connectivity index is 1.90. The molecule has 1 aromatic heterocycles. The first kappa shape index (κ1) is 15.2. The number of nitrogens with one attached hydrogen (secondary N) is 1. The molecule has 2 amide bonds. The van der Waals surface area contributed by atoms with Crippen molar-refractivity contribution in [3.05, 3.63) is 5.01 Å². The van der Waals surface area contributed by atoms with E-state index in [0.29, 0.717) is 23.5 Å². The van der Waals surface area contributed by atoms with Gasteiger partial charge in [0.05, 0.1) is 6.61 Å². The molecule has 1 fully saturated rings. The lowest BCUT2D eigenvalue weighted by Gasteiger charge is -2.23. The predicted octanol–water partition coefficient (Wildman–Crippen LogP) is 2.55. The highest BCUT2D eigenvalue weighted by molar-refractivity contribution is 7.15. The lowest BCUT2D eigenvalue weighted by Crippen LogP contribution is -2.38. The Labute approximate surface area is 123 Å². The predicted molar refractivity (Wildman–Crippen MR) is 79.2 cm³/mol. The van der Waals surface area contributed by atoms with Crippen LogP contribution in [0.5, 0.6) is 0 Å². The number of carbonyl (C=O) groups excluding carboxylic acids is 1. The average Bonchev–Trinajstić information content (AvgIpc) is 3.06. The van der Waals surface area contributed by atoms with Crippen LogP contribution in [0.1, 0.15) is 38.1 Å². The quantitative estimate of drug-likeness (QED) is 0.907. The molecule has 7 heteroatoms. The summed E-state index contributed by atoms with van der Waals surface area (Å²) in [6.45, 7) is 9.07. The molecule has 1 aliphatic heterocycles. The first-order valence-electron chi connectivity index (χ1n) is 7.07. The number of urea groups is 1. The molecule has 0 unspecified atom stereocenters. The zero-order valence-electron chi connectivity index (χ0n) is 12.3. The fraction of sp³-hybridized carbons (Fsp3) is 0.769. The summed E-state index contributed by atoms with van der Waals surface area (Å²) < 4.78 is 5.35. The summed E-state index contributed by atoms with van der Waals surface area (Å²) in [6.07, 6.45) is 1.03. The monoisotopic (exact) mass is 298 g/mol. The van der Waals surface area contributed by atoms with Gasteiger partial charge in [0.2, 0.25) is 5.13 Å². The topological polar surface area (TPSA) is 67.3 Å². The number of nitrogens with zero attached hydrogens (tertiary/aromatic N) is 3.